The third-order valence-corrected chi connectivity index (χ3v) is 3.69. The van der Waals surface area contributed by atoms with E-state index in [1.165, 1.54) is 25.9 Å². The summed E-state index contributed by atoms with van der Waals surface area (Å²) in [5.41, 5.74) is 3.47. The second-order valence-corrected chi connectivity index (χ2v) is 5.48. The smallest absolute Gasteiger partial charge is 0.158 e. The minimum atomic E-state index is 0.599. The Morgan fingerprint density at radius 3 is 2.68 bits per heavy atom. The summed E-state index contributed by atoms with van der Waals surface area (Å²) in [6.45, 7) is 4.40. The van der Waals surface area contributed by atoms with Gasteiger partial charge in [-0.25, -0.2) is 10.8 Å². The molecule has 6 nitrogen and oxygen atoms in total. The van der Waals surface area contributed by atoms with Gasteiger partial charge in [0, 0.05) is 13.1 Å². The molecule has 1 aliphatic heterocycles. The molecular weight excluding hydrogens is 240 g/mol. The maximum absolute atomic E-state index is 5.27. The largest absolute Gasteiger partial charge is 0.307 e. The van der Waals surface area contributed by atoms with Crippen molar-refractivity contribution in [3.05, 3.63) is 18.1 Å². The van der Waals surface area contributed by atoms with Gasteiger partial charge in [-0.05, 0) is 45.9 Å². The summed E-state index contributed by atoms with van der Waals surface area (Å²) < 4.78 is 0. The van der Waals surface area contributed by atoms with Crippen LogP contribution in [0, 0.1) is 5.92 Å². The molecule has 1 fully saturated rings. The zero-order valence-corrected chi connectivity index (χ0v) is 11.8. The summed E-state index contributed by atoms with van der Waals surface area (Å²) >= 11 is 0. The number of rotatable bonds is 5. The van der Waals surface area contributed by atoms with Gasteiger partial charge < -0.3 is 15.2 Å². The topological polar surface area (TPSA) is 70.3 Å². The molecule has 106 valence electrons. The lowest BCUT2D eigenvalue weighted by Crippen LogP contribution is -2.35. The van der Waals surface area contributed by atoms with Crippen molar-refractivity contribution in [2.45, 2.75) is 19.4 Å². The molecule has 1 saturated heterocycles. The molecule has 0 amide bonds. The molecule has 2 heterocycles. The quantitative estimate of drug-likeness (QED) is 0.597. The first-order valence-corrected chi connectivity index (χ1v) is 6.82. The monoisotopic (exact) mass is 264 g/mol. The molecule has 2 rings (SSSR count). The molecule has 0 unspecified atom stereocenters. The number of aromatic nitrogens is 2. The van der Waals surface area contributed by atoms with Gasteiger partial charge in [0.2, 0.25) is 0 Å². The molecule has 1 aliphatic rings. The summed E-state index contributed by atoms with van der Waals surface area (Å²) in [6.07, 6.45) is 6.03. The van der Waals surface area contributed by atoms with Crippen LogP contribution in [0.4, 0.5) is 5.82 Å². The van der Waals surface area contributed by atoms with Crippen molar-refractivity contribution in [3.63, 3.8) is 0 Å². The van der Waals surface area contributed by atoms with E-state index in [1.807, 2.05) is 0 Å². The third kappa shape index (κ3) is 4.41. The zero-order valence-electron chi connectivity index (χ0n) is 11.8. The fourth-order valence-electron chi connectivity index (χ4n) is 2.54. The van der Waals surface area contributed by atoms with Crippen LogP contribution < -0.4 is 11.3 Å². The van der Waals surface area contributed by atoms with Crippen LogP contribution in [-0.2, 0) is 6.54 Å². The van der Waals surface area contributed by atoms with Crippen LogP contribution in [0.15, 0.2) is 12.4 Å². The number of anilines is 1. The molecule has 0 spiro atoms. The third-order valence-electron chi connectivity index (χ3n) is 3.69. The molecule has 0 saturated carbocycles. The normalized spacial score (nSPS) is 17.9. The van der Waals surface area contributed by atoms with Gasteiger partial charge in [-0.2, -0.15) is 0 Å². The molecule has 0 atom stereocenters. The van der Waals surface area contributed by atoms with Crippen molar-refractivity contribution in [1.29, 1.82) is 0 Å². The number of nitrogens with two attached hydrogens (primary N) is 1. The van der Waals surface area contributed by atoms with E-state index < -0.39 is 0 Å². The number of nitrogens with zero attached hydrogens (tertiary/aromatic N) is 4. The maximum atomic E-state index is 5.27. The molecule has 0 aliphatic carbocycles. The van der Waals surface area contributed by atoms with E-state index in [0.717, 1.165) is 24.7 Å². The van der Waals surface area contributed by atoms with E-state index in [-0.39, 0.29) is 0 Å². The fraction of sp³-hybridized carbons (Fsp3) is 0.692. The summed E-state index contributed by atoms with van der Waals surface area (Å²) in [5.74, 6) is 6.67. The van der Waals surface area contributed by atoms with Gasteiger partial charge in [0.05, 0.1) is 18.1 Å². The Bertz CT molecular complexity index is 371. The first-order chi connectivity index (χ1) is 9.17. The Hall–Kier alpha value is -1.24. The van der Waals surface area contributed by atoms with Gasteiger partial charge in [-0.3, -0.25) is 4.98 Å². The van der Waals surface area contributed by atoms with E-state index in [0.29, 0.717) is 5.82 Å². The molecule has 0 bridgehead atoms. The SMILES string of the molecule is CN1CCC(CN(C)Cc2cnc(NN)cn2)CC1. The van der Waals surface area contributed by atoms with Crippen molar-refractivity contribution in [2.24, 2.45) is 11.8 Å². The van der Waals surface area contributed by atoms with Gasteiger partial charge in [0.25, 0.3) is 0 Å². The lowest BCUT2D eigenvalue weighted by molar-refractivity contribution is 0.172. The Morgan fingerprint density at radius 2 is 2.11 bits per heavy atom. The predicted molar refractivity (Wildman–Crippen MR) is 76.4 cm³/mol. The highest BCUT2D eigenvalue weighted by molar-refractivity contribution is 5.28. The van der Waals surface area contributed by atoms with E-state index in [1.54, 1.807) is 12.4 Å². The molecular formula is C13H24N6. The summed E-state index contributed by atoms with van der Waals surface area (Å²) in [5, 5.41) is 0. The Balaban J connectivity index is 1.78. The predicted octanol–water partition coefficient (Wildman–Crippen LogP) is 0.536. The highest BCUT2D eigenvalue weighted by Crippen LogP contribution is 2.17. The molecule has 3 N–H and O–H groups in total. The van der Waals surface area contributed by atoms with Crippen molar-refractivity contribution in [1.82, 2.24) is 19.8 Å². The second-order valence-electron chi connectivity index (χ2n) is 5.48. The number of hydrogen-bond donors (Lipinski definition) is 2. The minimum absolute atomic E-state index is 0.599. The van der Waals surface area contributed by atoms with Gasteiger partial charge >= 0.3 is 0 Å². The molecule has 0 aromatic carbocycles. The second kappa shape index (κ2) is 6.79. The van der Waals surface area contributed by atoms with Crippen molar-refractivity contribution < 1.29 is 0 Å². The first-order valence-electron chi connectivity index (χ1n) is 6.82. The average Bonchev–Trinajstić information content (AvgIpc) is 2.42. The van der Waals surface area contributed by atoms with Gasteiger partial charge in [-0.15, -0.1) is 0 Å². The summed E-state index contributed by atoms with van der Waals surface area (Å²) in [7, 11) is 4.34. The van der Waals surface area contributed by atoms with Gasteiger partial charge in [0.15, 0.2) is 5.82 Å². The van der Waals surface area contributed by atoms with Crippen LogP contribution in [0.1, 0.15) is 18.5 Å². The number of piperidine rings is 1. The van der Waals surface area contributed by atoms with Crippen LogP contribution in [-0.4, -0.2) is 53.5 Å². The maximum Gasteiger partial charge on any atom is 0.158 e. The lowest BCUT2D eigenvalue weighted by Gasteiger charge is -2.31. The molecule has 1 aromatic rings. The van der Waals surface area contributed by atoms with Gasteiger partial charge in [0.1, 0.15) is 0 Å². The number of hydrogen-bond acceptors (Lipinski definition) is 6. The number of likely N-dealkylation sites (tertiary alicyclic amines) is 1. The Labute approximate surface area is 115 Å². The lowest BCUT2D eigenvalue weighted by atomic mass is 9.97. The van der Waals surface area contributed by atoms with E-state index in [4.69, 9.17) is 5.84 Å². The standard InChI is InChI=1S/C13H24N6/c1-18-5-3-11(4-6-18)9-19(2)10-12-7-16-13(17-14)8-15-12/h7-8,11H,3-6,9-10,14H2,1-2H3,(H,16,17). The highest BCUT2D eigenvalue weighted by atomic mass is 15.3. The van der Waals surface area contributed by atoms with Crippen LogP contribution in [0.5, 0.6) is 0 Å². The van der Waals surface area contributed by atoms with E-state index in [2.05, 4.69) is 39.3 Å². The van der Waals surface area contributed by atoms with E-state index >= 15 is 0 Å². The molecule has 1 aromatic heterocycles. The van der Waals surface area contributed by atoms with Crippen molar-refractivity contribution in [3.8, 4) is 0 Å². The molecule has 19 heavy (non-hydrogen) atoms. The number of nitrogen functional groups attached to an aromatic ring is 1. The average molecular weight is 264 g/mol. The number of nitrogens with one attached hydrogen (secondary N) is 1. The van der Waals surface area contributed by atoms with Crippen molar-refractivity contribution >= 4 is 5.82 Å². The van der Waals surface area contributed by atoms with Crippen LogP contribution in [0.2, 0.25) is 0 Å². The number of hydrazine groups is 1. The Morgan fingerprint density at radius 1 is 1.37 bits per heavy atom. The van der Waals surface area contributed by atoms with Gasteiger partial charge in [-0.1, -0.05) is 0 Å². The highest BCUT2D eigenvalue weighted by Gasteiger charge is 2.18. The zero-order chi connectivity index (χ0) is 13.7. The van der Waals surface area contributed by atoms with Crippen LogP contribution in [0.25, 0.3) is 0 Å². The Kier molecular flexibility index (Phi) is 5.07. The van der Waals surface area contributed by atoms with E-state index in [9.17, 15) is 0 Å². The molecule has 6 heteroatoms. The minimum Gasteiger partial charge on any atom is -0.307 e. The summed E-state index contributed by atoms with van der Waals surface area (Å²) in [4.78, 5) is 13.2. The van der Waals surface area contributed by atoms with Crippen LogP contribution >= 0.6 is 0 Å². The fourth-order valence-corrected chi connectivity index (χ4v) is 2.54. The van der Waals surface area contributed by atoms with Crippen molar-refractivity contribution in [2.75, 3.05) is 39.2 Å². The summed E-state index contributed by atoms with van der Waals surface area (Å²) in [6, 6.07) is 0. The molecule has 0 radical (unpaired) electrons. The first kappa shape index (κ1) is 14.2. The van der Waals surface area contributed by atoms with Crippen LogP contribution in [0.3, 0.4) is 0 Å².